The van der Waals surface area contributed by atoms with E-state index in [0.717, 1.165) is 32.1 Å². The number of oxime groups is 1. The quantitative estimate of drug-likeness (QED) is 0.302. The highest BCUT2D eigenvalue weighted by atomic mass is 35.5. The lowest BCUT2D eigenvalue weighted by Gasteiger charge is -2.59. The average Bonchev–Trinajstić information content (AvgIpc) is 2.65. The SMILES string of the molecule is CC(C)(Oc1ccc(Cl)cc1)C(=O)NC1C2CC3C[C@@H]1CC(C(N)=NO)(C3)C2. The highest BCUT2D eigenvalue weighted by molar-refractivity contribution is 6.30. The lowest BCUT2D eigenvalue weighted by atomic mass is 9.47. The number of carbonyl (C=O) groups is 1. The van der Waals surface area contributed by atoms with Gasteiger partial charge in [-0.1, -0.05) is 16.8 Å². The Morgan fingerprint density at radius 1 is 1.25 bits per heavy atom. The molecule has 1 amide bonds. The molecule has 0 saturated heterocycles. The number of halogens is 1. The van der Waals surface area contributed by atoms with Gasteiger partial charge in [-0.25, -0.2) is 0 Å². The largest absolute Gasteiger partial charge is 0.478 e. The van der Waals surface area contributed by atoms with Gasteiger partial charge in [0.1, 0.15) is 11.6 Å². The summed E-state index contributed by atoms with van der Waals surface area (Å²) < 4.78 is 5.94. The van der Waals surface area contributed by atoms with Gasteiger partial charge >= 0.3 is 0 Å². The van der Waals surface area contributed by atoms with Gasteiger partial charge < -0.3 is 21.0 Å². The number of benzene rings is 1. The standard InChI is InChI=1S/C21H28ClN3O3/c1-20(2,28-16-5-3-15(22)4-6-16)19(26)24-17-13-7-12-8-14(17)11-21(9-12,10-13)18(23)25-27/h3-6,12-14,17,27H,7-11H2,1-2H3,(H2,23,25)(H,24,26)/t12?,13-,14?,17?,21?/m1/s1. The van der Waals surface area contributed by atoms with Crippen LogP contribution in [0.5, 0.6) is 5.75 Å². The molecule has 152 valence electrons. The van der Waals surface area contributed by atoms with Gasteiger partial charge in [0, 0.05) is 16.5 Å². The second-order valence-electron chi connectivity index (χ2n) is 9.30. The van der Waals surface area contributed by atoms with E-state index in [4.69, 9.17) is 22.1 Å². The third-order valence-corrected chi connectivity index (χ3v) is 7.21. The first kappa shape index (κ1) is 19.4. The molecular weight excluding hydrogens is 378 g/mol. The predicted molar refractivity (Wildman–Crippen MR) is 107 cm³/mol. The Labute approximate surface area is 170 Å². The number of rotatable bonds is 5. The molecule has 6 nitrogen and oxygen atoms in total. The van der Waals surface area contributed by atoms with Crippen molar-refractivity contribution in [2.24, 2.45) is 34.1 Å². The van der Waals surface area contributed by atoms with Crippen LogP contribution in [0.15, 0.2) is 29.4 Å². The lowest BCUT2D eigenvalue weighted by molar-refractivity contribution is -0.139. The molecule has 5 atom stereocenters. The fourth-order valence-corrected chi connectivity index (χ4v) is 5.97. The zero-order chi connectivity index (χ0) is 20.1. The van der Waals surface area contributed by atoms with Crippen molar-refractivity contribution in [2.45, 2.75) is 57.6 Å². The number of amides is 1. The smallest absolute Gasteiger partial charge is 0.263 e. The van der Waals surface area contributed by atoms with Crippen molar-refractivity contribution >= 4 is 23.3 Å². The van der Waals surface area contributed by atoms with Gasteiger partial charge in [0.15, 0.2) is 5.60 Å². The predicted octanol–water partition coefficient (Wildman–Crippen LogP) is 3.55. The van der Waals surface area contributed by atoms with Crippen molar-refractivity contribution in [3.8, 4) is 5.75 Å². The first-order valence-electron chi connectivity index (χ1n) is 9.96. The number of ether oxygens (including phenoxy) is 1. The Morgan fingerprint density at radius 3 is 2.43 bits per heavy atom. The number of amidine groups is 1. The van der Waals surface area contributed by atoms with Crippen LogP contribution in [0, 0.1) is 23.2 Å². The summed E-state index contributed by atoms with van der Waals surface area (Å²) in [5.41, 5.74) is 4.88. The van der Waals surface area contributed by atoms with Crippen LogP contribution in [-0.2, 0) is 4.79 Å². The fourth-order valence-electron chi connectivity index (χ4n) is 5.85. The van der Waals surface area contributed by atoms with Crippen LogP contribution < -0.4 is 15.8 Å². The van der Waals surface area contributed by atoms with Gasteiger partial charge in [-0.05, 0) is 88.0 Å². The van der Waals surface area contributed by atoms with Crippen molar-refractivity contribution < 1.29 is 14.7 Å². The molecule has 1 aromatic carbocycles. The van der Waals surface area contributed by atoms with E-state index in [1.165, 1.54) is 0 Å². The number of nitrogens with zero attached hydrogens (tertiary/aromatic N) is 1. The van der Waals surface area contributed by atoms with E-state index < -0.39 is 5.60 Å². The molecule has 1 aromatic rings. The van der Waals surface area contributed by atoms with Gasteiger partial charge in [-0.3, -0.25) is 4.79 Å². The van der Waals surface area contributed by atoms with Gasteiger partial charge in [-0.2, -0.15) is 0 Å². The Balaban J connectivity index is 1.46. The van der Waals surface area contributed by atoms with Crippen LogP contribution in [0.3, 0.4) is 0 Å². The van der Waals surface area contributed by atoms with Crippen molar-refractivity contribution in [1.29, 1.82) is 0 Å². The number of hydrogen-bond donors (Lipinski definition) is 3. The summed E-state index contributed by atoms with van der Waals surface area (Å²) in [7, 11) is 0. The van der Waals surface area contributed by atoms with Crippen molar-refractivity contribution in [2.75, 3.05) is 0 Å². The molecular formula is C21H28ClN3O3. The normalized spacial score (nSPS) is 34.3. The van der Waals surface area contributed by atoms with Crippen molar-refractivity contribution in [1.82, 2.24) is 5.32 Å². The van der Waals surface area contributed by atoms with Crippen molar-refractivity contribution in [3.05, 3.63) is 29.3 Å². The highest BCUT2D eigenvalue weighted by Gasteiger charge is 2.57. The molecule has 4 aliphatic rings. The monoisotopic (exact) mass is 405 g/mol. The number of nitrogens with one attached hydrogen (secondary N) is 1. The van der Waals surface area contributed by atoms with E-state index in [1.54, 1.807) is 38.1 Å². The van der Waals surface area contributed by atoms with Crippen molar-refractivity contribution in [3.63, 3.8) is 0 Å². The second kappa shape index (κ2) is 6.83. The molecule has 28 heavy (non-hydrogen) atoms. The van der Waals surface area contributed by atoms with E-state index in [2.05, 4.69) is 10.5 Å². The molecule has 0 heterocycles. The van der Waals surface area contributed by atoms with E-state index in [0.29, 0.717) is 34.4 Å². The first-order chi connectivity index (χ1) is 13.2. The van der Waals surface area contributed by atoms with Gasteiger partial charge in [0.2, 0.25) is 0 Å². The third kappa shape index (κ3) is 3.32. The summed E-state index contributed by atoms with van der Waals surface area (Å²) >= 11 is 5.92. The molecule has 4 saturated carbocycles. The minimum Gasteiger partial charge on any atom is -0.478 e. The van der Waals surface area contributed by atoms with E-state index in [-0.39, 0.29) is 17.4 Å². The van der Waals surface area contributed by atoms with Crippen LogP contribution in [0.25, 0.3) is 0 Å². The maximum atomic E-state index is 13.0. The summed E-state index contributed by atoms with van der Waals surface area (Å²) in [4.78, 5) is 13.0. The molecule has 4 bridgehead atoms. The Morgan fingerprint density at radius 2 is 1.86 bits per heavy atom. The van der Waals surface area contributed by atoms with Crippen LogP contribution >= 0.6 is 11.6 Å². The maximum Gasteiger partial charge on any atom is 0.263 e. The average molecular weight is 406 g/mol. The topological polar surface area (TPSA) is 96.9 Å². The molecule has 4 aliphatic carbocycles. The zero-order valence-electron chi connectivity index (χ0n) is 16.3. The number of hydrogen-bond acceptors (Lipinski definition) is 4. The van der Waals surface area contributed by atoms with Crippen LogP contribution in [-0.4, -0.2) is 28.6 Å². The first-order valence-corrected chi connectivity index (χ1v) is 10.3. The zero-order valence-corrected chi connectivity index (χ0v) is 17.1. The summed E-state index contributed by atoms with van der Waals surface area (Å²) in [6.45, 7) is 3.57. The molecule has 0 aromatic heterocycles. The number of nitrogens with two attached hydrogens (primary N) is 1. The van der Waals surface area contributed by atoms with Crippen LogP contribution in [0.1, 0.15) is 46.0 Å². The highest BCUT2D eigenvalue weighted by Crippen LogP contribution is 2.60. The summed E-state index contributed by atoms with van der Waals surface area (Å²) in [6.07, 6.45) is 4.95. The summed E-state index contributed by atoms with van der Waals surface area (Å²) in [5.74, 6) is 2.19. The molecule has 4 unspecified atom stereocenters. The molecule has 0 aliphatic heterocycles. The summed E-state index contributed by atoms with van der Waals surface area (Å²) in [5, 5.41) is 16.5. The van der Waals surface area contributed by atoms with E-state index in [9.17, 15) is 10.0 Å². The number of carbonyl (C=O) groups excluding carboxylic acids is 1. The fraction of sp³-hybridized carbons (Fsp3) is 0.619. The minimum atomic E-state index is -0.994. The van der Waals surface area contributed by atoms with Crippen LogP contribution in [0.2, 0.25) is 5.02 Å². The third-order valence-electron chi connectivity index (χ3n) is 6.96. The Kier molecular flexibility index (Phi) is 4.73. The molecule has 7 heteroatoms. The Bertz CT molecular complexity index is 777. The van der Waals surface area contributed by atoms with E-state index in [1.807, 2.05) is 0 Å². The summed E-state index contributed by atoms with van der Waals surface area (Å²) in [6, 6.07) is 7.14. The minimum absolute atomic E-state index is 0.113. The van der Waals surface area contributed by atoms with Gasteiger partial charge in [0.25, 0.3) is 5.91 Å². The molecule has 4 fully saturated rings. The Hall–Kier alpha value is -1.95. The maximum absolute atomic E-state index is 13.0. The second-order valence-corrected chi connectivity index (χ2v) is 9.74. The molecule has 4 N–H and O–H groups in total. The molecule has 0 radical (unpaired) electrons. The molecule has 0 spiro atoms. The van der Waals surface area contributed by atoms with E-state index >= 15 is 0 Å². The lowest BCUT2D eigenvalue weighted by Crippen LogP contribution is -2.64. The van der Waals surface area contributed by atoms with Crippen LogP contribution in [0.4, 0.5) is 0 Å². The van der Waals surface area contributed by atoms with Gasteiger partial charge in [0.05, 0.1) is 0 Å². The van der Waals surface area contributed by atoms with Gasteiger partial charge in [-0.15, -0.1) is 0 Å². The molecule has 5 rings (SSSR count).